The summed E-state index contributed by atoms with van der Waals surface area (Å²) in [6.45, 7) is 28.8. The van der Waals surface area contributed by atoms with Gasteiger partial charge in [0.25, 0.3) is 0 Å². The minimum Gasteiger partial charge on any atom is -0.124 e. The van der Waals surface area contributed by atoms with E-state index in [1.54, 1.807) is 0 Å². The van der Waals surface area contributed by atoms with Crippen LogP contribution in [0.15, 0.2) is 22.3 Å². The van der Waals surface area contributed by atoms with Crippen molar-refractivity contribution in [1.82, 2.24) is 0 Å². The van der Waals surface area contributed by atoms with E-state index in [2.05, 4.69) is 133 Å². The molecule has 0 aromatic rings. The van der Waals surface area contributed by atoms with Crippen LogP contribution in [-0.2, 0) is 0 Å². The molecule has 0 aliphatic rings. The van der Waals surface area contributed by atoms with Crippen molar-refractivity contribution >= 4 is 16.1 Å². The van der Waals surface area contributed by atoms with Crippen LogP contribution >= 0.6 is 0 Å². The van der Waals surface area contributed by atoms with Crippen molar-refractivity contribution in [2.24, 2.45) is 0 Å². The van der Waals surface area contributed by atoms with Crippen LogP contribution in [0.2, 0.25) is 36.3 Å². The highest BCUT2D eigenvalue weighted by Gasteiger charge is 2.41. The first kappa shape index (κ1) is 29.7. The molecule has 0 saturated heterocycles. The molecule has 0 heterocycles. The Morgan fingerprint density at radius 3 is 1.16 bits per heavy atom. The molecule has 0 aromatic carbocycles. The highest BCUT2D eigenvalue weighted by Crippen LogP contribution is 2.40. The molecule has 0 atom stereocenters. The van der Waals surface area contributed by atoms with E-state index in [4.69, 9.17) is 0 Å². The molecule has 0 spiro atoms. The summed E-state index contributed by atoms with van der Waals surface area (Å²) in [7, 11) is -3.19. The highest BCUT2D eigenvalue weighted by molar-refractivity contribution is 6.90. The van der Waals surface area contributed by atoms with Gasteiger partial charge in [-0.3, -0.25) is 0 Å². The van der Waals surface area contributed by atoms with E-state index in [1.165, 1.54) is 0 Å². The number of rotatable bonds is 3. The Kier molecular flexibility index (Phi) is 12.4. The van der Waals surface area contributed by atoms with Crippen molar-refractivity contribution < 1.29 is 0 Å². The summed E-state index contributed by atoms with van der Waals surface area (Å²) in [6, 6.07) is 0. The quantitative estimate of drug-likeness (QED) is 0.299. The molecular weight excluding hydrogens is 417 g/mol. The molecule has 0 aromatic heterocycles. The van der Waals surface area contributed by atoms with Crippen molar-refractivity contribution in [3.05, 3.63) is 22.3 Å². The maximum Gasteiger partial charge on any atom is 0.146 e. The third kappa shape index (κ3) is 9.89. The molecule has 32 heavy (non-hydrogen) atoms. The Morgan fingerprint density at radius 2 is 0.844 bits per heavy atom. The fraction of sp³-hybridized carbons (Fsp3) is 0.533. The Morgan fingerprint density at radius 1 is 0.500 bits per heavy atom. The Balaban J connectivity index is 6.04. The topological polar surface area (TPSA) is 0 Å². The van der Waals surface area contributed by atoms with Crippen LogP contribution in [0, 0.1) is 58.5 Å². The second-order valence-electron chi connectivity index (χ2n) is 10.6. The molecule has 0 bridgehead atoms. The second-order valence-corrected chi connectivity index (χ2v) is 21.0. The lowest BCUT2D eigenvalue weighted by Crippen LogP contribution is -2.43. The lowest BCUT2D eigenvalue weighted by atomic mass is 10.1. The molecule has 0 aliphatic carbocycles. The van der Waals surface area contributed by atoms with E-state index in [0.717, 1.165) is 22.3 Å². The van der Waals surface area contributed by atoms with Gasteiger partial charge in [0, 0.05) is 0 Å². The minimum absolute atomic E-state index is 0.601. The zero-order chi connectivity index (χ0) is 25.1. The van der Waals surface area contributed by atoms with E-state index < -0.39 is 16.1 Å². The van der Waals surface area contributed by atoms with E-state index in [9.17, 15) is 0 Å². The SMILES string of the molecule is CC(C)=C(C#CC#CC(C#C[Si](C(C)C)(C(C)C)C(C)C)=C(C)C)C#CC#C[Si](C)(C)C. The van der Waals surface area contributed by atoms with Gasteiger partial charge in [0.1, 0.15) is 16.1 Å². The van der Waals surface area contributed by atoms with Crippen LogP contribution in [0.25, 0.3) is 0 Å². The van der Waals surface area contributed by atoms with Crippen molar-refractivity contribution in [2.75, 3.05) is 0 Å². The average molecular weight is 459 g/mol. The fourth-order valence-electron chi connectivity index (χ4n) is 3.67. The summed E-state index contributed by atoms with van der Waals surface area (Å²) in [6.07, 6.45) is 0. The van der Waals surface area contributed by atoms with Gasteiger partial charge in [0.05, 0.1) is 11.1 Å². The zero-order valence-electron chi connectivity index (χ0n) is 22.7. The van der Waals surface area contributed by atoms with Gasteiger partial charge in [-0.2, -0.15) is 0 Å². The molecule has 170 valence electrons. The van der Waals surface area contributed by atoms with Gasteiger partial charge in [-0.05, 0) is 85.8 Å². The van der Waals surface area contributed by atoms with Crippen molar-refractivity contribution in [2.45, 2.75) is 106 Å². The summed E-state index contributed by atoms with van der Waals surface area (Å²) in [5.41, 5.74) is 12.7. The fourth-order valence-corrected chi connectivity index (χ4v) is 9.31. The van der Waals surface area contributed by atoms with Gasteiger partial charge in [-0.15, -0.1) is 11.1 Å². The zero-order valence-corrected chi connectivity index (χ0v) is 24.7. The molecule has 0 fully saturated rings. The van der Waals surface area contributed by atoms with E-state index in [1.807, 2.05) is 13.8 Å². The molecule has 0 unspecified atom stereocenters. The first-order valence-corrected chi connectivity index (χ1v) is 17.3. The lowest BCUT2D eigenvalue weighted by Gasteiger charge is -2.38. The van der Waals surface area contributed by atoms with Gasteiger partial charge in [0.2, 0.25) is 0 Å². The monoisotopic (exact) mass is 458 g/mol. The van der Waals surface area contributed by atoms with E-state index in [0.29, 0.717) is 16.6 Å². The molecule has 0 amide bonds. The molecule has 0 aliphatic heterocycles. The van der Waals surface area contributed by atoms with Crippen LogP contribution < -0.4 is 0 Å². The number of allylic oxidation sites excluding steroid dienone is 4. The van der Waals surface area contributed by atoms with Crippen molar-refractivity contribution in [3.63, 3.8) is 0 Å². The first-order valence-electron chi connectivity index (χ1n) is 11.6. The summed E-state index contributed by atoms with van der Waals surface area (Å²) < 4.78 is 0. The molecule has 0 rings (SSSR count). The predicted molar refractivity (Wildman–Crippen MR) is 150 cm³/mol. The Bertz CT molecular complexity index is 1010. The molecular formula is C30H42Si2. The largest absolute Gasteiger partial charge is 0.146 e. The van der Waals surface area contributed by atoms with Gasteiger partial charge in [-0.25, -0.2) is 0 Å². The molecule has 2 heteroatoms. The summed E-state index contributed by atoms with van der Waals surface area (Å²) in [5, 5.41) is 0. The minimum atomic E-state index is -1.78. The van der Waals surface area contributed by atoms with Crippen LogP contribution in [-0.4, -0.2) is 16.1 Å². The normalized spacial score (nSPS) is 10.2. The molecule has 0 N–H and O–H groups in total. The summed E-state index contributed by atoms with van der Waals surface area (Å²) in [5.74, 6) is 24.8. The third-order valence-corrected chi connectivity index (χ3v) is 12.6. The molecule has 0 radical (unpaired) electrons. The maximum atomic E-state index is 3.76. The van der Waals surface area contributed by atoms with E-state index in [-0.39, 0.29) is 0 Å². The smallest absolute Gasteiger partial charge is 0.124 e. The van der Waals surface area contributed by atoms with Gasteiger partial charge < -0.3 is 0 Å². The highest BCUT2D eigenvalue weighted by atomic mass is 28.3. The Hall–Kier alpha value is -2.29. The average Bonchev–Trinajstić information content (AvgIpc) is 2.62. The van der Waals surface area contributed by atoms with Gasteiger partial charge >= 0.3 is 0 Å². The van der Waals surface area contributed by atoms with Crippen LogP contribution in [0.1, 0.15) is 69.2 Å². The predicted octanol–water partition coefficient (Wildman–Crippen LogP) is 7.77. The summed E-state index contributed by atoms with van der Waals surface area (Å²) >= 11 is 0. The molecule has 0 nitrogen and oxygen atoms in total. The number of hydrogen-bond acceptors (Lipinski definition) is 0. The summed E-state index contributed by atoms with van der Waals surface area (Å²) in [4.78, 5) is 0. The van der Waals surface area contributed by atoms with Crippen LogP contribution in [0.4, 0.5) is 0 Å². The van der Waals surface area contributed by atoms with Crippen molar-refractivity contribution in [3.8, 4) is 58.5 Å². The van der Waals surface area contributed by atoms with E-state index >= 15 is 0 Å². The standard InChI is InChI=1S/C30H42Si2/c1-24(2)29(20-16-17-22-31(11,12)13)18-14-15-19-30(25(3)4)21-23-32(26(5)6,27(7)8)28(9)10/h26-28H,1-13H3. The van der Waals surface area contributed by atoms with Crippen LogP contribution in [0.3, 0.4) is 0 Å². The maximum absolute atomic E-state index is 3.76. The Labute approximate surface area is 202 Å². The molecule has 0 saturated carbocycles. The third-order valence-electron chi connectivity index (χ3n) is 5.40. The number of hydrogen-bond donors (Lipinski definition) is 0. The van der Waals surface area contributed by atoms with Gasteiger partial charge in [0.15, 0.2) is 0 Å². The van der Waals surface area contributed by atoms with Gasteiger partial charge in [-0.1, -0.05) is 78.3 Å². The first-order chi connectivity index (χ1) is 14.6. The van der Waals surface area contributed by atoms with Crippen molar-refractivity contribution in [1.29, 1.82) is 0 Å². The van der Waals surface area contributed by atoms with Crippen LogP contribution in [0.5, 0.6) is 0 Å². The lowest BCUT2D eigenvalue weighted by molar-refractivity contribution is 0.838. The second kappa shape index (κ2) is 13.3.